The van der Waals surface area contributed by atoms with Crippen LogP contribution in [0.1, 0.15) is 50.2 Å². The number of carbonyl (C=O) groups excluding carboxylic acids is 3. The van der Waals surface area contributed by atoms with Crippen molar-refractivity contribution in [3.05, 3.63) is 71.8 Å². The average molecular weight is 540 g/mol. The highest BCUT2D eigenvalue weighted by Crippen LogP contribution is 2.27. The molecule has 0 unspecified atom stereocenters. The maximum Gasteiger partial charge on any atom is 0.345 e. The number of unbranched alkanes of at least 4 members (excludes halogenated alkanes) is 2. The number of esters is 1. The van der Waals surface area contributed by atoms with E-state index < -0.39 is 35.2 Å². The van der Waals surface area contributed by atoms with Gasteiger partial charge in [0.15, 0.2) is 0 Å². The summed E-state index contributed by atoms with van der Waals surface area (Å²) in [7, 11) is 0. The quantitative estimate of drug-likeness (QED) is 0.144. The number of hydrogen-bond acceptors (Lipinski definition) is 7. The smallest absolute Gasteiger partial charge is 0.345 e. The van der Waals surface area contributed by atoms with E-state index in [9.17, 15) is 24.3 Å². The summed E-state index contributed by atoms with van der Waals surface area (Å²) in [5, 5.41) is 13.2. The van der Waals surface area contributed by atoms with Gasteiger partial charge in [0.1, 0.15) is 6.61 Å². The molecule has 0 saturated carbocycles. The number of rotatable bonds is 14. The minimum Gasteiger partial charge on any atom is -0.479 e. The number of hydrogen-bond donors (Lipinski definition) is 3. The second-order valence-corrected chi connectivity index (χ2v) is 9.59. The molecule has 2 aromatic rings. The van der Waals surface area contributed by atoms with Crippen LogP contribution in [-0.2, 0) is 42.0 Å². The van der Waals surface area contributed by atoms with E-state index in [4.69, 9.17) is 9.57 Å². The lowest BCUT2D eigenvalue weighted by atomic mass is 9.89. The Hall–Kier alpha value is -3.76. The number of amides is 2. The van der Waals surface area contributed by atoms with Gasteiger partial charge in [-0.2, -0.15) is 0 Å². The predicted octanol–water partition coefficient (Wildman–Crippen LogP) is 2.82. The molecule has 0 radical (unpaired) electrons. The van der Waals surface area contributed by atoms with Crippen LogP contribution in [0, 0.1) is 5.92 Å². The molecule has 0 aliphatic carbocycles. The van der Waals surface area contributed by atoms with Crippen LogP contribution in [0.4, 0.5) is 0 Å². The first-order valence-electron chi connectivity index (χ1n) is 13.3. The molecule has 1 aliphatic heterocycles. The van der Waals surface area contributed by atoms with Crippen LogP contribution in [0.3, 0.4) is 0 Å². The molecule has 210 valence electrons. The lowest BCUT2D eigenvalue weighted by molar-refractivity contribution is -0.180. The van der Waals surface area contributed by atoms with Gasteiger partial charge in [0, 0.05) is 32.0 Å². The second-order valence-electron chi connectivity index (χ2n) is 9.59. The summed E-state index contributed by atoms with van der Waals surface area (Å²) in [6.07, 6.45) is 2.61. The molecule has 10 heteroatoms. The first-order chi connectivity index (χ1) is 18.9. The van der Waals surface area contributed by atoms with Gasteiger partial charge in [0.2, 0.25) is 11.8 Å². The van der Waals surface area contributed by atoms with E-state index in [0.29, 0.717) is 24.9 Å². The third-order valence-electron chi connectivity index (χ3n) is 6.73. The summed E-state index contributed by atoms with van der Waals surface area (Å²) in [6.45, 7) is 2.06. The lowest BCUT2D eigenvalue weighted by Gasteiger charge is -2.43. The number of ether oxygens (including phenoxy) is 1. The van der Waals surface area contributed by atoms with Crippen molar-refractivity contribution in [2.24, 2.45) is 5.92 Å². The van der Waals surface area contributed by atoms with E-state index in [1.54, 1.807) is 24.3 Å². The molecule has 3 rings (SSSR count). The highest BCUT2D eigenvalue weighted by molar-refractivity contribution is 6.08. The Kier molecular flexibility index (Phi) is 11.4. The number of nitrogens with zero attached hydrogens (tertiary/aromatic N) is 1. The third-order valence-corrected chi connectivity index (χ3v) is 6.73. The standard InChI is InChI=1S/C29H37N3O7/c1-2-3-6-15-24(18-25(33)31-39-20-23-13-9-5-10-14-23)26(34)32-17-16-30-21-29(32,27(35)36)28(37)38-19-22-11-7-4-8-12-22/h4-5,7-14,24,30H,2-3,6,15-21H2,1H3,(H,31,33)(H,35,36)/t24-,29+/m1/s1. The van der Waals surface area contributed by atoms with E-state index in [1.807, 2.05) is 43.3 Å². The Morgan fingerprint density at radius 2 is 1.64 bits per heavy atom. The summed E-state index contributed by atoms with van der Waals surface area (Å²) in [4.78, 5) is 58.8. The van der Waals surface area contributed by atoms with Crippen LogP contribution >= 0.6 is 0 Å². The van der Waals surface area contributed by atoms with Crippen molar-refractivity contribution in [3.8, 4) is 0 Å². The maximum absolute atomic E-state index is 13.8. The van der Waals surface area contributed by atoms with Crippen molar-refractivity contribution in [1.82, 2.24) is 15.7 Å². The number of piperazine rings is 1. The first-order valence-corrected chi connectivity index (χ1v) is 13.3. The molecule has 0 bridgehead atoms. The van der Waals surface area contributed by atoms with Gasteiger partial charge >= 0.3 is 11.9 Å². The van der Waals surface area contributed by atoms with Crippen LogP contribution in [-0.4, -0.2) is 58.9 Å². The minimum atomic E-state index is -2.24. The van der Waals surface area contributed by atoms with Gasteiger partial charge in [0.25, 0.3) is 5.54 Å². The van der Waals surface area contributed by atoms with Crippen molar-refractivity contribution < 1.29 is 33.9 Å². The third kappa shape index (κ3) is 8.11. The minimum absolute atomic E-state index is 0.0119. The Labute approximate surface area is 228 Å². The Morgan fingerprint density at radius 1 is 1.00 bits per heavy atom. The summed E-state index contributed by atoms with van der Waals surface area (Å²) >= 11 is 0. The molecule has 1 aliphatic rings. The number of nitrogens with one attached hydrogen (secondary N) is 2. The fourth-order valence-electron chi connectivity index (χ4n) is 4.56. The largest absolute Gasteiger partial charge is 0.479 e. The van der Waals surface area contributed by atoms with Crippen molar-refractivity contribution in [3.63, 3.8) is 0 Å². The topological polar surface area (TPSA) is 134 Å². The molecule has 10 nitrogen and oxygen atoms in total. The van der Waals surface area contributed by atoms with Gasteiger partial charge in [-0.15, -0.1) is 0 Å². The highest BCUT2D eigenvalue weighted by Gasteiger charge is 2.57. The number of hydroxylamine groups is 1. The number of carbonyl (C=O) groups is 4. The molecule has 1 saturated heterocycles. The Morgan fingerprint density at radius 3 is 2.26 bits per heavy atom. The van der Waals surface area contributed by atoms with E-state index in [2.05, 4.69) is 10.8 Å². The SMILES string of the molecule is CCCCC[C@H](CC(=O)NOCc1ccccc1)C(=O)N1CCNC[C@]1(C(=O)O)C(=O)OCc1ccccc1. The van der Waals surface area contributed by atoms with E-state index in [-0.39, 0.29) is 32.7 Å². The van der Waals surface area contributed by atoms with Crippen LogP contribution in [0.2, 0.25) is 0 Å². The van der Waals surface area contributed by atoms with E-state index in [1.165, 1.54) is 0 Å². The zero-order valence-corrected chi connectivity index (χ0v) is 22.3. The molecule has 2 atom stereocenters. The fraction of sp³-hybridized carbons (Fsp3) is 0.448. The van der Waals surface area contributed by atoms with Crippen LogP contribution in [0.15, 0.2) is 60.7 Å². The number of carboxylic acids is 1. The number of aliphatic carboxylic acids is 1. The monoisotopic (exact) mass is 539 g/mol. The number of benzene rings is 2. The zero-order chi connectivity index (χ0) is 28.1. The molecule has 1 heterocycles. The first kappa shape index (κ1) is 29.8. The van der Waals surface area contributed by atoms with Gasteiger partial charge in [-0.25, -0.2) is 15.1 Å². The zero-order valence-electron chi connectivity index (χ0n) is 22.3. The van der Waals surface area contributed by atoms with Gasteiger partial charge in [-0.3, -0.25) is 14.4 Å². The molecular formula is C29H37N3O7. The fourth-order valence-corrected chi connectivity index (χ4v) is 4.56. The van der Waals surface area contributed by atoms with Crippen molar-refractivity contribution in [1.29, 1.82) is 0 Å². The average Bonchev–Trinajstić information content (AvgIpc) is 2.96. The predicted molar refractivity (Wildman–Crippen MR) is 143 cm³/mol. The van der Waals surface area contributed by atoms with Gasteiger partial charge < -0.3 is 20.1 Å². The van der Waals surface area contributed by atoms with Crippen molar-refractivity contribution in [2.45, 2.75) is 57.8 Å². The molecule has 2 aromatic carbocycles. The van der Waals surface area contributed by atoms with Crippen LogP contribution < -0.4 is 10.8 Å². The molecule has 2 amide bonds. The van der Waals surface area contributed by atoms with Gasteiger partial charge in [-0.1, -0.05) is 86.8 Å². The summed E-state index contributed by atoms with van der Waals surface area (Å²) in [5.74, 6) is -4.39. The molecule has 3 N–H and O–H groups in total. The molecular weight excluding hydrogens is 502 g/mol. The van der Waals surface area contributed by atoms with Gasteiger partial charge in [0.05, 0.1) is 6.61 Å². The molecule has 0 aromatic heterocycles. The van der Waals surface area contributed by atoms with Crippen molar-refractivity contribution in [2.75, 3.05) is 19.6 Å². The van der Waals surface area contributed by atoms with E-state index >= 15 is 0 Å². The summed E-state index contributed by atoms with van der Waals surface area (Å²) in [6, 6.07) is 18.2. The lowest BCUT2D eigenvalue weighted by Crippen LogP contribution is -2.71. The molecule has 0 spiro atoms. The summed E-state index contributed by atoms with van der Waals surface area (Å²) in [5.41, 5.74) is 1.70. The Balaban J connectivity index is 1.74. The van der Waals surface area contributed by atoms with E-state index in [0.717, 1.165) is 23.3 Å². The summed E-state index contributed by atoms with van der Waals surface area (Å²) < 4.78 is 5.41. The molecule has 39 heavy (non-hydrogen) atoms. The normalized spacial score (nSPS) is 17.7. The second kappa shape index (κ2) is 15.0. The molecule has 1 fully saturated rings. The highest BCUT2D eigenvalue weighted by atomic mass is 16.6. The van der Waals surface area contributed by atoms with Crippen molar-refractivity contribution >= 4 is 23.8 Å². The number of carboxylic acid groups (broad SMARTS) is 1. The maximum atomic E-state index is 13.8. The van der Waals surface area contributed by atoms with Gasteiger partial charge in [-0.05, 0) is 17.5 Å². The van der Waals surface area contributed by atoms with Crippen LogP contribution in [0.5, 0.6) is 0 Å². The van der Waals surface area contributed by atoms with Crippen LogP contribution in [0.25, 0.3) is 0 Å². The Bertz CT molecular complexity index is 1100.